The Morgan fingerprint density at radius 3 is 2.09 bits per heavy atom. The van der Waals surface area contributed by atoms with Crippen LogP contribution in [-0.2, 0) is 6.61 Å². The van der Waals surface area contributed by atoms with Crippen molar-refractivity contribution in [3.8, 4) is 17.2 Å². The van der Waals surface area contributed by atoms with Crippen LogP contribution in [0.15, 0.2) is 12.1 Å². The molecule has 22 heavy (non-hydrogen) atoms. The van der Waals surface area contributed by atoms with E-state index in [0.29, 0.717) is 17.1 Å². The molecule has 0 aliphatic rings. The van der Waals surface area contributed by atoms with Gasteiger partial charge in [0.05, 0.1) is 27.9 Å². The first-order chi connectivity index (χ1) is 10.5. The van der Waals surface area contributed by atoms with Gasteiger partial charge in [-0.15, -0.1) is 0 Å². The molecular weight excluding hydrogens is 280 g/mol. The number of aliphatic hydroxyl groups is 1. The van der Waals surface area contributed by atoms with Gasteiger partial charge < -0.3 is 19.3 Å². The summed E-state index contributed by atoms with van der Waals surface area (Å²) in [5.41, 5.74) is 2.85. The lowest BCUT2D eigenvalue weighted by atomic mass is 9.90. The van der Waals surface area contributed by atoms with Crippen molar-refractivity contribution in [2.45, 2.75) is 33.3 Å². The Balaban J connectivity index is 3.11. The second-order valence-electron chi connectivity index (χ2n) is 5.66. The predicted octanol–water partition coefficient (Wildman–Crippen LogP) is 3.79. The molecule has 0 saturated heterocycles. The maximum atomic E-state index is 9.90. The zero-order valence-corrected chi connectivity index (χ0v) is 14.1. The molecule has 0 atom stereocenters. The van der Waals surface area contributed by atoms with Gasteiger partial charge in [0.25, 0.3) is 0 Å². The summed E-state index contributed by atoms with van der Waals surface area (Å²) in [6, 6.07) is 4.08. The predicted molar refractivity (Wildman–Crippen MR) is 88.4 cm³/mol. The first-order valence-corrected chi connectivity index (χ1v) is 7.35. The Kier molecular flexibility index (Phi) is 4.81. The zero-order valence-electron chi connectivity index (χ0n) is 14.1. The number of rotatable bonds is 5. The molecule has 0 spiro atoms. The van der Waals surface area contributed by atoms with E-state index in [0.717, 1.165) is 27.6 Å². The van der Waals surface area contributed by atoms with Crippen LogP contribution in [0.2, 0.25) is 0 Å². The van der Waals surface area contributed by atoms with E-state index in [1.165, 1.54) is 0 Å². The number of fused-ring (bicyclic) bond motifs is 1. The molecule has 120 valence electrons. The zero-order chi connectivity index (χ0) is 16.4. The van der Waals surface area contributed by atoms with Gasteiger partial charge in [-0.2, -0.15) is 0 Å². The number of hydrogen-bond acceptors (Lipinski definition) is 4. The maximum Gasteiger partial charge on any atom is 0.167 e. The van der Waals surface area contributed by atoms with Crippen molar-refractivity contribution in [1.29, 1.82) is 0 Å². The van der Waals surface area contributed by atoms with Crippen LogP contribution in [0.5, 0.6) is 17.2 Å². The van der Waals surface area contributed by atoms with Gasteiger partial charge in [-0.05, 0) is 29.9 Å². The molecule has 0 aromatic heterocycles. The van der Waals surface area contributed by atoms with Crippen molar-refractivity contribution in [1.82, 2.24) is 0 Å². The molecule has 0 fully saturated rings. The second kappa shape index (κ2) is 6.44. The normalized spacial score (nSPS) is 11.1. The molecule has 4 heteroatoms. The number of ether oxygens (including phenoxy) is 3. The molecular formula is C18H24O4. The van der Waals surface area contributed by atoms with Crippen molar-refractivity contribution < 1.29 is 19.3 Å². The van der Waals surface area contributed by atoms with Gasteiger partial charge in [-0.3, -0.25) is 0 Å². The average Bonchev–Trinajstić information content (AvgIpc) is 2.50. The molecule has 0 heterocycles. The number of benzene rings is 2. The smallest absolute Gasteiger partial charge is 0.167 e. The lowest BCUT2D eigenvalue weighted by Gasteiger charge is -2.23. The highest BCUT2D eigenvalue weighted by molar-refractivity contribution is 5.98. The summed E-state index contributed by atoms with van der Waals surface area (Å²) < 4.78 is 16.7. The molecule has 0 unspecified atom stereocenters. The van der Waals surface area contributed by atoms with E-state index >= 15 is 0 Å². The molecule has 0 saturated carbocycles. The first-order valence-electron chi connectivity index (χ1n) is 7.35. The average molecular weight is 304 g/mol. The summed E-state index contributed by atoms with van der Waals surface area (Å²) in [7, 11) is 4.86. The molecule has 0 amide bonds. The lowest BCUT2D eigenvalue weighted by Crippen LogP contribution is -2.05. The topological polar surface area (TPSA) is 47.9 Å². The summed E-state index contributed by atoms with van der Waals surface area (Å²) in [4.78, 5) is 0. The van der Waals surface area contributed by atoms with Crippen LogP contribution in [0.25, 0.3) is 10.8 Å². The minimum Gasteiger partial charge on any atom is -0.496 e. The van der Waals surface area contributed by atoms with Crippen LogP contribution in [0.4, 0.5) is 0 Å². The minimum atomic E-state index is -0.145. The summed E-state index contributed by atoms with van der Waals surface area (Å²) in [6.45, 7) is 6.11. The van der Waals surface area contributed by atoms with Crippen LogP contribution in [0.3, 0.4) is 0 Å². The lowest BCUT2D eigenvalue weighted by molar-refractivity contribution is 0.271. The standard InChI is InChI=1S/C18H24O4/c1-10(2)15-12-7-11(3)8-14(20-4)16(12)13(9-19)17(21-5)18(15)22-6/h7-8,10,19H,9H2,1-6H3. The Bertz CT molecular complexity index is 690. The molecule has 4 nitrogen and oxygen atoms in total. The van der Waals surface area contributed by atoms with E-state index in [-0.39, 0.29) is 12.5 Å². The minimum absolute atomic E-state index is 0.145. The summed E-state index contributed by atoms with van der Waals surface area (Å²) in [6.07, 6.45) is 0. The summed E-state index contributed by atoms with van der Waals surface area (Å²) >= 11 is 0. The van der Waals surface area contributed by atoms with Crippen molar-refractivity contribution in [2.24, 2.45) is 0 Å². The van der Waals surface area contributed by atoms with Crippen LogP contribution in [-0.4, -0.2) is 26.4 Å². The van der Waals surface area contributed by atoms with Gasteiger partial charge in [0, 0.05) is 16.5 Å². The van der Waals surface area contributed by atoms with Crippen molar-refractivity contribution in [3.05, 3.63) is 28.8 Å². The van der Waals surface area contributed by atoms with E-state index in [1.807, 2.05) is 13.0 Å². The van der Waals surface area contributed by atoms with Gasteiger partial charge >= 0.3 is 0 Å². The fraction of sp³-hybridized carbons (Fsp3) is 0.444. The molecule has 0 aliphatic carbocycles. The number of aliphatic hydroxyl groups excluding tert-OH is 1. The second-order valence-corrected chi connectivity index (χ2v) is 5.66. The molecule has 0 aliphatic heterocycles. The maximum absolute atomic E-state index is 9.90. The molecule has 1 N–H and O–H groups in total. The molecule has 0 bridgehead atoms. The van der Waals surface area contributed by atoms with Crippen LogP contribution in [0, 0.1) is 6.92 Å². The van der Waals surface area contributed by atoms with Gasteiger partial charge in [-0.1, -0.05) is 19.9 Å². The Morgan fingerprint density at radius 1 is 1.00 bits per heavy atom. The third-order valence-corrected chi connectivity index (χ3v) is 3.93. The fourth-order valence-electron chi connectivity index (χ4n) is 3.08. The molecule has 2 aromatic carbocycles. The fourth-order valence-corrected chi connectivity index (χ4v) is 3.08. The largest absolute Gasteiger partial charge is 0.496 e. The SMILES string of the molecule is COc1c(OC)c(CO)c2c(OC)cc(C)cc2c1C(C)C. The van der Waals surface area contributed by atoms with E-state index in [2.05, 4.69) is 19.9 Å². The van der Waals surface area contributed by atoms with Crippen LogP contribution < -0.4 is 14.2 Å². The number of aryl methyl sites for hydroxylation is 1. The van der Waals surface area contributed by atoms with Crippen LogP contribution in [0.1, 0.15) is 36.5 Å². The van der Waals surface area contributed by atoms with E-state index in [1.54, 1.807) is 21.3 Å². The van der Waals surface area contributed by atoms with Crippen molar-refractivity contribution >= 4 is 10.8 Å². The van der Waals surface area contributed by atoms with Gasteiger partial charge in [0.2, 0.25) is 0 Å². The quantitative estimate of drug-likeness (QED) is 0.913. The van der Waals surface area contributed by atoms with E-state index in [4.69, 9.17) is 14.2 Å². The summed E-state index contributed by atoms with van der Waals surface area (Å²) in [5, 5.41) is 11.8. The Hall–Kier alpha value is -1.94. The van der Waals surface area contributed by atoms with E-state index in [9.17, 15) is 5.11 Å². The van der Waals surface area contributed by atoms with Gasteiger partial charge in [0.15, 0.2) is 11.5 Å². The van der Waals surface area contributed by atoms with Crippen LogP contribution >= 0.6 is 0 Å². The highest BCUT2D eigenvalue weighted by Crippen LogP contribution is 2.47. The monoisotopic (exact) mass is 304 g/mol. The van der Waals surface area contributed by atoms with Gasteiger partial charge in [0.1, 0.15) is 5.75 Å². The molecule has 0 radical (unpaired) electrons. The third-order valence-electron chi connectivity index (χ3n) is 3.93. The number of hydrogen-bond donors (Lipinski definition) is 1. The first kappa shape index (κ1) is 16.4. The number of methoxy groups -OCH3 is 3. The van der Waals surface area contributed by atoms with Crippen molar-refractivity contribution in [2.75, 3.05) is 21.3 Å². The Morgan fingerprint density at radius 2 is 1.64 bits per heavy atom. The highest BCUT2D eigenvalue weighted by atomic mass is 16.5. The van der Waals surface area contributed by atoms with Crippen molar-refractivity contribution in [3.63, 3.8) is 0 Å². The molecule has 2 aromatic rings. The van der Waals surface area contributed by atoms with Gasteiger partial charge in [-0.25, -0.2) is 0 Å². The highest BCUT2D eigenvalue weighted by Gasteiger charge is 2.24. The Labute approximate surface area is 131 Å². The van der Waals surface area contributed by atoms with E-state index < -0.39 is 0 Å². The molecule has 2 rings (SSSR count). The summed E-state index contributed by atoms with van der Waals surface area (Å²) in [5.74, 6) is 2.23. The third kappa shape index (κ3) is 2.48.